The van der Waals surface area contributed by atoms with Crippen molar-refractivity contribution in [3.8, 4) is 5.69 Å². The molecule has 0 N–H and O–H groups in total. The molecule has 1 aliphatic heterocycles. The third-order valence-electron chi connectivity index (χ3n) is 10.5. The number of allylic oxidation sites excluding steroid dienone is 4. The average molecular weight is 633 g/mol. The van der Waals surface area contributed by atoms with Crippen LogP contribution < -0.4 is 15.9 Å². The van der Waals surface area contributed by atoms with Gasteiger partial charge >= 0.3 is 0 Å². The van der Waals surface area contributed by atoms with Crippen molar-refractivity contribution in [3.63, 3.8) is 0 Å². The fourth-order valence-corrected chi connectivity index (χ4v) is 10.4. The maximum atomic E-state index is 5.42. The van der Waals surface area contributed by atoms with Crippen LogP contribution in [0.5, 0.6) is 0 Å². The van der Waals surface area contributed by atoms with E-state index in [1.807, 2.05) is 0 Å². The molecule has 2 unspecified atom stereocenters. The van der Waals surface area contributed by atoms with E-state index in [2.05, 4.69) is 176 Å². The second-order valence-corrected chi connectivity index (χ2v) is 15.7. The molecule has 228 valence electrons. The van der Waals surface area contributed by atoms with Crippen LogP contribution in [0.4, 0.5) is 0 Å². The molecule has 2 heterocycles. The summed E-state index contributed by atoms with van der Waals surface area (Å²) < 4.78 is 2.48. The van der Waals surface area contributed by atoms with Gasteiger partial charge in [0.1, 0.15) is 5.82 Å². The van der Waals surface area contributed by atoms with E-state index in [1.54, 1.807) is 0 Å². The molecule has 0 saturated carbocycles. The first kappa shape index (κ1) is 27.8. The fraction of sp³-hybridized carbons (Fsp3) is 0.0889. The lowest BCUT2D eigenvalue weighted by atomic mass is 9.68. The van der Waals surface area contributed by atoms with Gasteiger partial charge in [-0.25, -0.2) is 4.98 Å². The van der Waals surface area contributed by atoms with Gasteiger partial charge in [0.05, 0.1) is 16.7 Å². The summed E-state index contributed by atoms with van der Waals surface area (Å²) in [6.45, 7) is 4.63. The van der Waals surface area contributed by atoms with Gasteiger partial charge in [-0.3, -0.25) is 4.57 Å². The zero-order valence-corrected chi connectivity index (χ0v) is 27.8. The first-order chi connectivity index (χ1) is 23.5. The third-order valence-corrected chi connectivity index (χ3v) is 12.9. The number of hydrogen-bond donors (Lipinski definition) is 0. The highest BCUT2D eigenvalue weighted by molar-refractivity contribution is 7.79. The maximum Gasteiger partial charge on any atom is 0.142 e. The predicted molar refractivity (Wildman–Crippen MR) is 206 cm³/mol. The summed E-state index contributed by atoms with van der Waals surface area (Å²) in [6, 6.07) is 51.9. The minimum atomic E-state index is -0.862. The van der Waals surface area contributed by atoms with Crippen molar-refractivity contribution in [3.05, 3.63) is 169 Å². The van der Waals surface area contributed by atoms with E-state index >= 15 is 0 Å². The lowest BCUT2D eigenvalue weighted by Gasteiger charge is -2.39. The SMILES string of the molecule is CC1C=CC2(C)C(=C1)c1nc3ccc(P(c4ccc5ccccc5c4)c4ccc5ccccc5c4)cc3n1-c1c2ccc2ccccc12. The quantitative estimate of drug-likeness (QED) is 0.140. The van der Waals surface area contributed by atoms with E-state index in [0.29, 0.717) is 5.92 Å². The van der Waals surface area contributed by atoms with Gasteiger partial charge in [0.15, 0.2) is 0 Å². The predicted octanol–water partition coefficient (Wildman–Crippen LogP) is 10.1. The minimum absolute atomic E-state index is 0.241. The van der Waals surface area contributed by atoms with Crippen molar-refractivity contribution in [2.24, 2.45) is 5.92 Å². The molecule has 0 saturated heterocycles. The Hall–Kier alpha value is -5.30. The molecule has 0 amide bonds. The Kier molecular flexibility index (Phi) is 5.99. The average Bonchev–Trinajstić information content (AvgIpc) is 3.51. The number of imidazole rings is 1. The number of hydrogen-bond acceptors (Lipinski definition) is 1. The summed E-state index contributed by atoms with van der Waals surface area (Å²) in [7, 11) is -0.862. The molecule has 1 aromatic heterocycles. The molecule has 8 aromatic rings. The highest BCUT2D eigenvalue weighted by Gasteiger charge is 2.41. The van der Waals surface area contributed by atoms with E-state index in [0.717, 1.165) is 11.3 Å². The molecular formula is C45H33N2P. The van der Waals surface area contributed by atoms with Crippen LogP contribution in [-0.4, -0.2) is 9.55 Å². The van der Waals surface area contributed by atoms with Crippen molar-refractivity contribution in [2.45, 2.75) is 19.3 Å². The van der Waals surface area contributed by atoms with Crippen molar-refractivity contribution >= 4 is 72.8 Å². The van der Waals surface area contributed by atoms with Gasteiger partial charge in [0, 0.05) is 16.4 Å². The Morgan fingerprint density at radius 3 is 1.92 bits per heavy atom. The van der Waals surface area contributed by atoms with Crippen LogP contribution in [0.2, 0.25) is 0 Å². The highest BCUT2D eigenvalue weighted by atomic mass is 31.1. The van der Waals surface area contributed by atoms with Gasteiger partial charge in [-0.05, 0) is 93.4 Å². The third kappa shape index (κ3) is 4.06. The van der Waals surface area contributed by atoms with Crippen molar-refractivity contribution in [1.29, 1.82) is 0 Å². The molecule has 48 heavy (non-hydrogen) atoms. The standard InChI is InChI=1S/C45H33N2P/c1-29-23-24-45(2)39-21-17-32-11-7-8-14-38(32)43(39)47-42-28-37(20-22-41(42)46-44(47)40(45)25-29)48(35-18-15-30-9-3-5-12-33(30)26-35)36-19-16-31-10-4-6-13-34(31)27-36/h3-29H,1-2H3. The molecule has 3 heteroatoms. The van der Waals surface area contributed by atoms with Crippen molar-refractivity contribution in [2.75, 3.05) is 0 Å². The van der Waals surface area contributed by atoms with E-state index in [4.69, 9.17) is 4.98 Å². The first-order valence-electron chi connectivity index (χ1n) is 16.8. The number of aromatic nitrogens is 2. The van der Waals surface area contributed by atoms with Crippen LogP contribution in [0.25, 0.3) is 54.6 Å². The molecule has 2 nitrogen and oxygen atoms in total. The molecule has 2 aliphatic rings. The van der Waals surface area contributed by atoms with Crippen LogP contribution in [0.15, 0.2) is 158 Å². The second-order valence-electron chi connectivity index (χ2n) is 13.5. The topological polar surface area (TPSA) is 17.8 Å². The zero-order valence-electron chi connectivity index (χ0n) is 26.9. The molecular weight excluding hydrogens is 599 g/mol. The molecule has 2 atom stereocenters. The molecule has 0 bridgehead atoms. The second kappa shape index (κ2) is 10.3. The maximum absolute atomic E-state index is 5.42. The van der Waals surface area contributed by atoms with Gasteiger partial charge in [-0.15, -0.1) is 0 Å². The van der Waals surface area contributed by atoms with E-state index < -0.39 is 7.92 Å². The number of benzene rings is 7. The van der Waals surface area contributed by atoms with Gasteiger partial charge in [0.2, 0.25) is 0 Å². The first-order valence-corrected chi connectivity index (χ1v) is 18.1. The zero-order chi connectivity index (χ0) is 32.0. The Labute approximate surface area is 281 Å². The van der Waals surface area contributed by atoms with Crippen molar-refractivity contribution in [1.82, 2.24) is 9.55 Å². The van der Waals surface area contributed by atoms with Crippen LogP contribution in [0.1, 0.15) is 25.2 Å². The van der Waals surface area contributed by atoms with Crippen LogP contribution in [0, 0.1) is 5.92 Å². The highest BCUT2D eigenvalue weighted by Crippen LogP contribution is 2.52. The summed E-state index contributed by atoms with van der Waals surface area (Å²) in [5.41, 5.74) is 5.84. The molecule has 1 aliphatic carbocycles. The smallest absolute Gasteiger partial charge is 0.142 e. The number of rotatable bonds is 3. The summed E-state index contributed by atoms with van der Waals surface area (Å²) in [5.74, 6) is 1.41. The summed E-state index contributed by atoms with van der Waals surface area (Å²) >= 11 is 0. The minimum Gasteiger partial charge on any atom is -0.292 e. The largest absolute Gasteiger partial charge is 0.292 e. The number of fused-ring (bicyclic) bond motifs is 12. The Morgan fingerprint density at radius 1 is 0.625 bits per heavy atom. The van der Waals surface area contributed by atoms with E-state index in [-0.39, 0.29) is 5.41 Å². The molecule has 0 fully saturated rings. The molecule has 7 aromatic carbocycles. The lowest BCUT2D eigenvalue weighted by Crippen LogP contribution is -2.31. The van der Waals surface area contributed by atoms with Crippen molar-refractivity contribution < 1.29 is 0 Å². The van der Waals surface area contributed by atoms with Crippen LogP contribution in [-0.2, 0) is 5.41 Å². The number of nitrogens with zero attached hydrogens (tertiary/aromatic N) is 2. The fourth-order valence-electron chi connectivity index (χ4n) is 8.07. The Balaban J connectivity index is 1.26. The summed E-state index contributed by atoms with van der Waals surface area (Å²) in [4.78, 5) is 5.42. The van der Waals surface area contributed by atoms with Gasteiger partial charge in [-0.1, -0.05) is 140 Å². The Bertz CT molecular complexity index is 2600. The summed E-state index contributed by atoms with van der Waals surface area (Å²) in [6.07, 6.45) is 7.18. The van der Waals surface area contributed by atoms with Crippen LogP contribution >= 0.6 is 7.92 Å². The normalized spacial score (nSPS) is 18.3. The van der Waals surface area contributed by atoms with Crippen LogP contribution in [0.3, 0.4) is 0 Å². The lowest BCUT2D eigenvalue weighted by molar-refractivity contribution is 0.701. The molecule has 0 radical (unpaired) electrons. The Morgan fingerprint density at radius 2 is 1.21 bits per heavy atom. The van der Waals surface area contributed by atoms with E-state index in [1.165, 1.54) is 70.6 Å². The van der Waals surface area contributed by atoms with Gasteiger partial charge < -0.3 is 0 Å². The van der Waals surface area contributed by atoms with E-state index in [9.17, 15) is 0 Å². The van der Waals surface area contributed by atoms with Gasteiger partial charge in [-0.2, -0.15) is 0 Å². The molecule has 0 spiro atoms. The van der Waals surface area contributed by atoms with Gasteiger partial charge in [0.25, 0.3) is 0 Å². The monoisotopic (exact) mass is 632 g/mol. The summed E-state index contributed by atoms with van der Waals surface area (Å²) in [5, 5.41) is 11.6. The molecule has 10 rings (SSSR count).